The van der Waals surface area contributed by atoms with Gasteiger partial charge in [-0.25, -0.2) is 0 Å². The van der Waals surface area contributed by atoms with Gasteiger partial charge in [-0.15, -0.1) is 0 Å². The van der Waals surface area contributed by atoms with Crippen LogP contribution >= 0.6 is 12.2 Å². The van der Waals surface area contributed by atoms with Crippen molar-refractivity contribution in [2.45, 2.75) is 25.9 Å². The van der Waals surface area contributed by atoms with Crippen LogP contribution in [0.4, 0.5) is 0 Å². The molecule has 2 N–H and O–H groups in total. The van der Waals surface area contributed by atoms with Crippen LogP contribution in [0, 0.1) is 0 Å². The SMILES string of the molecule is CC(C)NC(=S)N[C@H](c1ccccc1)c1cc2ccccc2o1. The van der Waals surface area contributed by atoms with E-state index >= 15 is 0 Å². The van der Waals surface area contributed by atoms with Gasteiger partial charge in [-0.2, -0.15) is 0 Å². The Labute approximate surface area is 141 Å². The quantitative estimate of drug-likeness (QED) is 0.698. The zero-order valence-corrected chi connectivity index (χ0v) is 14.1. The third kappa shape index (κ3) is 3.71. The molecule has 0 spiro atoms. The van der Waals surface area contributed by atoms with E-state index in [0.29, 0.717) is 5.11 Å². The summed E-state index contributed by atoms with van der Waals surface area (Å²) in [5.41, 5.74) is 1.99. The summed E-state index contributed by atoms with van der Waals surface area (Å²) >= 11 is 5.42. The molecule has 118 valence electrons. The molecule has 3 aromatic rings. The molecule has 1 atom stereocenters. The second kappa shape index (κ2) is 6.84. The number of hydrogen-bond acceptors (Lipinski definition) is 2. The number of rotatable bonds is 4. The molecule has 0 bridgehead atoms. The van der Waals surface area contributed by atoms with Gasteiger partial charge in [-0.1, -0.05) is 48.5 Å². The number of thiocarbonyl (C=S) groups is 1. The van der Waals surface area contributed by atoms with Crippen molar-refractivity contribution in [2.24, 2.45) is 0 Å². The van der Waals surface area contributed by atoms with E-state index in [-0.39, 0.29) is 12.1 Å². The minimum Gasteiger partial charge on any atom is -0.459 e. The van der Waals surface area contributed by atoms with Gasteiger partial charge in [0.15, 0.2) is 5.11 Å². The van der Waals surface area contributed by atoms with E-state index in [0.717, 1.165) is 22.3 Å². The molecule has 2 aromatic carbocycles. The molecule has 23 heavy (non-hydrogen) atoms. The van der Waals surface area contributed by atoms with Gasteiger partial charge in [0, 0.05) is 11.4 Å². The molecule has 0 fully saturated rings. The summed E-state index contributed by atoms with van der Waals surface area (Å²) in [6.45, 7) is 4.12. The average molecular weight is 324 g/mol. The molecule has 3 nitrogen and oxygen atoms in total. The van der Waals surface area contributed by atoms with E-state index in [1.54, 1.807) is 0 Å². The van der Waals surface area contributed by atoms with E-state index in [1.165, 1.54) is 0 Å². The van der Waals surface area contributed by atoms with Crippen LogP contribution in [-0.2, 0) is 0 Å². The Hall–Kier alpha value is -2.33. The molecule has 0 saturated carbocycles. The molecule has 0 radical (unpaired) electrons. The largest absolute Gasteiger partial charge is 0.459 e. The summed E-state index contributed by atoms with van der Waals surface area (Å²) in [6, 6.07) is 20.4. The summed E-state index contributed by atoms with van der Waals surface area (Å²) < 4.78 is 6.04. The Morgan fingerprint density at radius 3 is 2.35 bits per heavy atom. The monoisotopic (exact) mass is 324 g/mol. The van der Waals surface area contributed by atoms with E-state index in [2.05, 4.69) is 48.7 Å². The fourth-order valence-electron chi connectivity index (χ4n) is 2.54. The number of nitrogens with one attached hydrogen (secondary N) is 2. The minimum atomic E-state index is -0.123. The molecule has 4 heteroatoms. The van der Waals surface area contributed by atoms with Crippen molar-refractivity contribution >= 4 is 28.3 Å². The molecule has 0 aliphatic carbocycles. The first-order valence-electron chi connectivity index (χ1n) is 7.74. The van der Waals surface area contributed by atoms with E-state index in [1.807, 2.05) is 36.4 Å². The van der Waals surface area contributed by atoms with Gasteiger partial charge in [-0.3, -0.25) is 0 Å². The molecule has 0 unspecified atom stereocenters. The van der Waals surface area contributed by atoms with Gasteiger partial charge < -0.3 is 15.1 Å². The molecule has 0 saturated heterocycles. The van der Waals surface area contributed by atoms with Crippen LogP contribution in [0.25, 0.3) is 11.0 Å². The fraction of sp³-hybridized carbons (Fsp3) is 0.211. The Bertz CT molecular complexity index is 762. The normalized spacial score (nSPS) is 12.3. The van der Waals surface area contributed by atoms with Crippen LogP contribution in [0.15, 0.2) is 65.1 Å². The number of furan rings is 1. The molecular formula is C19H20N2OS. The van der Waals surface area contributed by atoms with Gasteiger partial charge in [0.25, 0.3) is 0 Å². The lowest BCUT2D eigenvalue weighted by Crippen LogP contribution is -2.41. The van der Waals surface area contributed by atoms with E-state index in [9.17, 15) is 0 Å². The molecule has 1 aromatic heterocycles. The summed E-state index contributed by atoms with van der Waals surface area (Å²) in [4.78, 5) is 0. The maximum atomic E-state index is 6.04. The topological polar surface area (TPSA) is 37.2 Å². The van der Waals surface area contributed by atoms with Gasteiger partial charge >= 0.3 is 0 Å². The summed E-state index contributed by atoms with van der Waals surface area (Å²) in [6.07, 6.45) is 0. The van der Waals surface area contributed by atoms with Crippen molar-refractivity contribution in [1.82, 2.24) is 10.6 Å². The lowest BCUT2D eigenvalue weighted by atomic mass is 10.0. The zero-order chi connectivity index (χ0) is 16.2. The standard InChI is InChI=1S/C19H20N2OS/c1-13(2)20-19(23)21-18(14-8-4-3-5-9-14)17-12-15-10-6-7-11-16(15)22-17/h3-13,18H,1-2H3,(H2,20,21,23)/t18-/m1/s1. The summed E-state index contributed by atoms with van der Waals surface area (Å²) in [5, 5.41) is 8.30. The first-order chi connectivity index (χ1) is 11.1. The highest BCUT2D eigenvalue weighted by Crippen LogP contribution is 2.28. The second-order valence-electron chi connectivity index (χ2n) is 5.80. The van der Waals surface area contributed by atoms with Crippen LogP contribution in [0.5, 0.6) is 0 Å². The third-order valence-electron chi connectivity index (χ3n) is 3.56. The summed E-state index contributed by atoms with van der Waals surface area (Å²) in [7, 11) is 0. The van der Waals surface area contributed by atoms with E-state index in [4.69, 9.17) is 16.6 Å². The van der Waals surface area contributed by atoms with Crippen molar-refractivity contribution in [1.29, 1.82) is 0 Å². The maximum Gasteiger partial charge on any atom is 0.167 e. The van der Waals surface area contributed by atoms with E-state index < -0.39 is 0 Å². The molecule has 3 rings (SSSR count). The molecule has 0 aliphatic rings. The van der Waals surface area contributed by atoms with Crippen molar-refractivity contribution in [3.8, 4) is 0 Å². The van der Waals surface area contributed by atoms with Gasteiger partial charge in [-0.05, 0) is 43.8 Å². The van der Waals surface area contributed by atoms with Crippen LogP contribution in [0.1, 0.15) is 31.2 Å². The van der Waals surface area contributed by atoms with Crippen LogP contribution < -0.4 is 10.6 Å². The lowest BCUT2D eigenvalue weighted by molar-refractivity contribution is 0.504. The van der Waals surface area contributed by atoms with Gasteiger partial charge in [0.1, 0.15) is 17.4 Å². The number of para-hydroxylation sites is 1. The van der Waals surface area contributed by atoms with Crippen LogP contribution in [0.3, 0.4) is 0 Å². The van der Waals surface area contributed by atoms with Crippen LogP contribution in [-0.4, -0.2) is 11.2 Å². The minimum absolute atomic E-state index is 0.123. The average Bonchev–Trinajstić information content (AvgIpc) is 2.96. The molecule has 0 amide bonds. The lowest BCUT2D eigenvalue weighted by Gasteiger charge is -2.21. The highest BCUT2D eigenvalue weighted by Gasteiger charge is 2.19. The van der Waals surface area contributed by atoms with Crippen molar-refractivity contribution in [2.75, 3.05) is 0 Å². The van der Waals surface area contributed by atoms with Gasteiger partial charge in [0.05, 0.1) is 0 Å². The second-order valence-corrected chi connectivity index (χ2v) is 6.21. The zero-order valence-electron chi connectivity index (χ0n) is 13.2. The van der Waals surface area contributed by atoms with Crippen molar-refractivity contribution < 1.29 is 4.42 Å². The predicted octanol–water partition coefficient (Wildman–Crippen LogP) is 4.39. The fourth-order valence-corrected chi connectivity index (χ4v) is 2.90. The van der Waals surface area contributed by atoms with Crippen LogP contribution in [0.2, 0.25) is 0 Å². The Morgan fingerprint density at radius 1 is 0.957 bits per heavy atom. The molecule has 0 aliphatic heterocycles. The molecular weight excluding hydrogens is 304 g/mol. The third-order valence-corrected chi connectivity index (χ3v) is 3.79. The number of fused-ring (bicyclic) bond motifs is 1. The van der Waals surface area contributed by atoms with Crippen molar-refractivity contribution in [3.05, 3.63) is 72.0 Å². The first-order valence-corrected chi connectivity index (χ1v) is 8.15. The Morgan fingerprint density at radius 2 is 1.65 bits per heavy atom. The summed E-state index contributed by atoms with van der Waals surface area (Å²) in [5.74, 6) is 0.852. The first kappa shape index (κ1) is 15.6. The van der Waals surface area contributed by atoms with Crippen molar-refractivity contribution in [3.63, 3.8) is 0 Å². The Balaban J connectivity index is 1.96. The Kier molecular flexibility index (Phi) is 4.63. The number of benzene rings is 2. The highest BCUT2D eigenvalue weighted by molar-refractivity contribution is 7.80. The smallest absolute Gasteiger partial charge is 0.167 e. The highest BCUT2D eigenvalue weighted by atomic mass is 32.1. The molecule has 1 heterocycles. The number of hydrogen-bond donors (Lipinski definition) is 2. The maximum absolute atomic E-state index is 6.04. The van der Waals surface area contributed by atoms with Gasteiger partial charge in [0.2, 0.25) is 0 Å². The predicted molar refractivity (Wildman–Crippen MR) is 98.5 cm³/mol.